The quantitative estimate of drug-likeness (QED) is 0.500. The molecule has 4 N–H and O–H groups in total. The van der Waals surface area contributed by atoms with E-state index in [0.29, 0.717) is 24.1 Å². The Hall–Kier alpha value is -3.34. The van der Waals surface area contributed by atoms with Crippen LogP contribution < -0.4 is 11.1 Å². The molecule has 0 saturated carbocycles. The maximum Gasteiger partial charge on any atom is 0.274 e. The van der Waals surface area contributed by atoms with Crippen molar-refractivity contribution in [2.24, 2.45) is 5.73 Å². The van der Waals surface area contributed by atoms with Gasteiger partial charge in [0.2, 0.25) is 0 Å². The van der Waals surface area contributed by atoms with E-state index in [1.54, 1.807) is 13.0 Å². The largest absolute Gasteiger partial charge is 0.386 e. The molecule has 35 heavy (non-hydrogen) atoms. The smallest absolute Gasteiger partial charge is 0.274 e. The summed E-state index contributed by atoms with van der Waals surface area (Å²) in [6.07, 6.45) is 2.56. The van der Waals surface area contributed by atoms with Crippen LogP contribution in [0.15, 0.2) is 48.8 Å². The lowest BCUT2D eigenvalue weighted by Crippen LogP contribution is -2.59. The standard InChI is InChI=1S/C25H25F3N4O3/c1-3-25(34)13(2)35-20(11-21(25)29)14-9-10-30-12-19(14)32-24(33)18-8-7-17(28)23(31-18)22-15(26)5-4-6-16(22)27/h4-10,12-13,20-21,34H,3,11,29H2,1-2H3,(H,32,33)/t13-,20-,21-,25-/m0/s1. The van der Waals surface area contributed by atoms with Gasteiger partial charge in [0.05, 0.1) is 29.7 Å². The number of carbonyl (C=O) groups is 1. The van der Waals surface area contributed by atoms with Crippen LogP contribution >= 0.6 is 0 Å². The van der Waals surface area contributed by atoms with E-state index in [2.05, 4.69) is 15.3 Å². The highest BCUT2D eigenvalue weighted by atomic mass is 19.1. The number of aromatic nitrogens is 2. The van der Waals surface area contributed by atoms with E-state index >= 15 is 0 Å². The van der Waals surface area contributed by atoms with Crippen LogP contribution in [0.3, 0.4) is 0 Å². The van der Waals surface area contributed by atoms with Crippen LogP contribution in [0.2, 0.25) is 0 Å². The summed E-state index contributed by atoms with van der Waals surface area (Å²) in [6, 6.07) is 6.23. The van der Waals surface area contributed by atoms with Gasteiger partial charge in [0.15, 0.2) is 0 Å². The predicted molar refractivity (Wildman–Crippen MR) is 123 cm³/mol. The van der Waals surface area contributed by atoms with Gasteiger partial charge in [0.1, 0.15) is 34.4 Å². The topological polar surface area (TPSA) is 110 Å². The van der Waals surface area contributed by atoms with Gasteiger partial charge in [-0.1, -0.05) is 13.0 Å². The molecular weight excluding hydrogens is 461 g/mol. The van der Waals surface area contributed by atoms with E-state index in [0.717, 1.165) is 30.3 Å². The molecule has 1 aliphatic heterocycles. The molecule has 3 aromatic rings. The first kappa shape index (κ1) is 24.8. The molecule has 0 unspecified atom stereocenters. The highest BCUT2D eigenvalue weighted by molar-refractivity contribution is 6.03. The third kappa shape index (κ3) is 4.64. The minimum absolute atomic E-state index is 0.256. The van der Waals surface area contributed by atoms with Gasteiger partial charge in [-0.2, -0.15) is 0 Å². The van der Waals surface area contributed by atoms with Crippen molar-refractivity contribution in [2.75, 3.05) is 5.32 Å². The number of ether oxygens (including phenoxy) is 1. The number of pyridine rings is 2. The van der Waals surface area contributed by atoms with Gasteiger partial charge in [-0.15, -0.1) is 0 Å². The molecule has 7 nitrogen and oxygen atoms in total. The molecule has 1 aliphatic rings. The zero-order valence-corrected chi connectivity index (χ0v) is 19.1. The second kappa shape index (κ2) is 9.73. The average Bonchev–Trinajstić information content (AvgIpc) is 2.83. The first-order chi connectivity index (χ1) is 16.7. The van der Waals surface area contributed by atoms with Crippen molar-refractivity contribution >= 4 is 11.6 Å². The zero-order chi connectivity index (χ0) is 25.3. The van der Waals surface area contributed by atoms with E-state index < -0.39 is 58.5 Å². The number of amides is 1. The fourth-order valence-electron chi connectivity index (χ4n) is 4.35. The second-order valence-electron chi connectivity index (χ2n) is 8.49. The lowest BCUT2D eigenvalue weighted by Gasteiger charge is -2.45. The van der Waals surface area contributed by atoms with E-state index in [4.69, 9.17) is 10.5 Å². The maximum atomic E-state index is 14.4. The van der Waals surface area contributed by atoms with Gasteiger partial charge in [0.25, 0.3) is 5.91 Å². The summed E-state index contributed by atoms with van der Waals surface area (Å²) in [5.74, 6) is -3.73. The number of nitrogens with two attached hydrogens (primary N) is 1. The molecule has 1 aromatic carbocycles. The van der Waals surface area contributed by atoms with Crippen molar-refractivity contribution in [3.05, 3.63) is 77.5 Å². The summed E-state index contributed by atoms with van der Waals surface area (Å²) < 4.78 is 48.8. The lowest BCUT2D eigenvalue weighted by molar-refractivity contribution is -0.181. The molecule has 1 fully saturated rings. The van der Waals surface area contributed by atoms with Gasteiger partial charge in [0, 0.05) is 17.8 Å². The molecule has 184 valence electrons. The fourth-order valence-corrected chi connectivity index (χ4v) is 4.35. The summed E-state index contributed by atoms with van der Waals surface area (Å²) in [7, 11) is 0. The Kier molecular flexibility index (Phi) is 6.88. The number of hydrogen-bond donors (Lipinski definition) is 3. The zero-order valence-electron chi connectivity index (χ0n) is 19.1. The Bertz CT molecular complexity index is 1220. The highest BCUT2D eigenvalue weighted by Crippen LogP contribution is 2.40. The van der Waals surface area contributed by atoms with E-state index in [1.807, 2.05) is 6.92 Å². The van der Waals surface area contributed by atoms with Crippen LogP contribution in [0, 0.1) is 17.5 Å². The highest BCUT2D eigenvalue weighted by Gasteiger charge is 2.46. The number of aliphatic hydroxyl groups is 1. The van der Waals surface area contributed by atoms with Gasteiger partial charge in [-0.25, -0.2) is 18.2 Å². The van der Waals surface area contributed by atoms with Crippen molar-refractivity contribution in [3.63, 3.8) is 0 Å². The third-order valence-corrected chi connectivity index (χ3v) is 6.48. The normalized spacial score (nSPS) is 24.3. The molecule has 2 aromatic heterocycles. The number of nitrogens with one attached hydrogen (secondary N) is 1. The lowest BCUT2D eigenvalue weighted by atomic mass is 9.80. The Morgan fingerprint density at radius 1 is 1.20 bits per heavy atom. The van der Waals surface area contributed by atoms with Gasteiger partial charge < -0.3 is 20.9 Å². The Morgan fingerprint density at radius 3 is 2.57 bits per heavy atom. The third-order valence-electron chi connectivity index (χ3n) is 6.48. The molecule has 1 amide bonds. The number of carbonyl (C=O) groups excluding carboxylic acids is 1. The number of halogens is 3. The van der Waals surface area contributed by atoms with Crippen molar-refractivity contribution in [1.82, 2.24) is 9.97 Å². The Labute approximate surface area is 200 Å². The SMILES string of the molecule is CC[C@]1(O)[C@H](C)O[C@H](c2ccncc2NC(=O)c2ccc(F)c(-c3c(F)cccc3F)n2)C[C@@H]1N. The minimum Gasteiger partial charge on any atom is -0.386 e. The van der Waals surface area contributed by atoms with E-state index in [9.17, 15) is 23.1 Å². The second-order valence-corrected chi connectivity index (χ2v) is 8.49. The molecule has 0 radical (unpaired) electrons. The first-order valence-electron chi connectivity index (χ1n) is 11.1. The van der Waals surface area contributed by atoms with Crippen LogP contribution in [-0.4, -0.2) is 38.7 Å². The summed E-state index contributed by atoms with van der Waals surface area (Å²) >= 11 is 0. The van der Waals surface area contributed by atoms with Crippen molar-refractivity contribution in [1.29, 1.82) is 0 Å². The van der Waals surface area contributed by atoms with Crippen LogP contribution in [0.4, 0.5) is 18.9 Å². The molecule has 0 aliphatic carbocycles. The van der Waals surface area contributed by atoms with Crippen LogP contribution in [0.1, 0.15) is 48.8 Å². The molecule has 0 spiro atoms. The molecule has 0 bridgehead atoms. The average molecular weight is 486 g/mol. The van der Waals surface area contributed by atoms with Crippen molar-refractivity contribution in [2.45, 2.75) is 50.5 Å². The molecule has 1 saturated heterocycles. The molecule has 3 heterocycles. The monoisotopic (exact) mass is 486 g/mol. The number of hydrogen-bond acceptors (Lipinski definition) is 6. The molecular formula is C25H25F3N4O3. The fraction of sp³-hybridized carbons (Fsp3) is 0.320. The summed E-state index contributed by atoms with van der Waals surface area (Å²) in [6.45, 7) is 3.57. The van der Waals surface area contributed by atoms with Gasteiger partial charge >= 0.3 is 0 Å². The number of benzene rings is 1. The number of nitrogens with zero attached hydrogens (tertiary/aromatic N) is 2. The molecule has 4 rings (SSSR count). The summed E-state index contributed by atoms with van der Waals surface area (Å²) in [5.41, 5.74) is 4.42. The summed E-state index contributed by atoms with van der Waals surface area (Å²) in [5, 5.41) is 13.5. The van der Waals surface area contributed by atoms with E-state index in [1.165, 1.54) is 12.4 Å². The minimum atomic E-state index is -1.18. The predicted octanol–water partition coefficient (Wildman–Crippen LogP) is 4.13. The van der Waals surface area contributed by atoms with Crippen LogP contribution in [0.5, 0.6) is 0 Å². The van der Waals surface area contributed by atoms with Crippen LogP contribution in [0.25, 0.3) is 11.3 Å². The number of anilines is 1. The molecule has 4 atom stereocenters. The number of rotatable bonds is 5. The Balaban J connectivity index is 1.62. The first-order valence-corrected chi connectivity index (χ1v) is 11.1. The van der Waals surface area contributed by atoms with Gasteiger partial charge in [-0.3, -0.25) is 9.78 Å². The Morgan fingerprint density at radius 2 is 1.91 bits per heavy atom. The van der Waals surface area contributed by atoms with Crippen molar-refractivity contribution in [3.8, 4) is 11.3 Å². The van der Waals surface area contributed by atoms with Gasteiger partial charge in [-0.05, 0) is 50.1 Å². The van der Waals surface area contributed by atoms with E-state index in [-0.39, 0.29) is 5.69 Å². The molecule has 10 heteroatoms. The van der Waals surface area contributed by atoms with Crippen molar-refractivity contribution < 1.29 is 27.8 Å². The maximum absolute atomic E-state index is 14.4. The van der Waals surface area contributed by atoms with Crippen LogP contribution in [-0.2, 0) is 4.74 Å². The summed E-state index contributed by atoms with van der Waals surface area (Å²) in [4.78, 5) is 20.9.